The quantitative estimate of drug-likeness (QED) is 0.527. The van der Waals surface area contributed by atoms with Crippen LogP contribution < -0.4 is 4.57 Å². The van der Waals surface area contributed by atoms with Crippen molar-refractivity contribution in [1.29, 1.82) is 0 Å². The summed E-state index contributed by atoms with van der Waals surface area (Å²) < 4.78 is 97.2. The van der Waals surface area contributed by atoms with Gasteiger partial charge in [-0.3, -0.25) is 0 Å². The smallest absolute Gasteiger partial charge is 0.501 e. The summed E-state index contributed by atoms with van der Waals surface area (Å²) in [6.07, 6.45) is -0.0452. The van der Waals surface area contributed by atoms with Crippen LogP contribution in [-0.4, -0.2) is 37.2 Å². The van der Waals surface area contributed by atoms with Crippen LogP contribution in [0.5, 0.6) is 0 Å². The van der Waals surface area contributed by atoms with Crippen molar-refractivity contribution in [3.63, 3.8) is 0 Å². The minimum Gasteiger partial charge on any atom is -0.748 e. The zero-order chi connectivity index (χ0) is 19.9. The Bertz CT molecular complexity index is 1040. The minimum atomic E-state index is -5.51. The first kappa shape index (κ1) is 20.6. The molecule has 0 saturated carbocycles. The van der Waals surface area contributed by atoms with Gasteiger partial charge in [-0.15, -0.1) is 0 Å². The Morgan fingerprint density at radius 3 is 2.31 bits per heavy atom. The van der Waals surface area contributed by atoms with Crippen LogP contribution in [0.15, 0.2) is 23.1 Å². The molecule has 0 aliphatic rings. The monoisotopic (exact) mass is 414 g/mol. The molecular weight excluding hydrogens is 397 g/mol. The Hall–Kier alpha value is -1.66. The van der Waals surface area contributed by atoms with Gasteiger partial charge in [-0.1, -0.05) is 0 Å². The molecule has 1 aromatic carbocycles. The highest BCUT2D eigenvalue weighted by molar-refractivity contribution is 7.92. The molecular formula is C14H17F3N2O5S2. The predicted molar refractivity (Wildman–Crippen MR) is 85.0 cm³/mol. The van der Waals surface area contributed by atoms with Crippen molar-refractivity contribution in [3.8, 4) is 0 Å². The number of imidazole rings is 1. The molecule has 26 heavy (non-hydrogen) atoms. The van der Waals surface area contributed by atoms with Gasteiger partial charge in [0.15, 0.2) is 11.0 Å². The first-order chi connectivity index (χ1) is 11.8. The van der Waals surface area contributed by atoms with E-state index in [2.05, 4.69) is 0 Å². The third-order valence-electron chi connectivity index (χ3n) is 4.02. The maximum atomic E-state index is 12.8. The van der Waals surface area contributed by atoms with Crippen molar-refractivity contribution >= 4 is 31.0 Å². The number of fused-ring (bicyclic) bond motifs is 1. The Balaban J connectivity index is 2.60. The SMILES string of the molecule is CC[n+]1c(C)n(CCCS(=O)(=O)[O-])c2cc(S(=O)(=O)C(F)(F)F)ccc21. The lowest BCUT2D eigenvalue weighted by atomic mass is 10.3. The van der Waals surface area contributed by atoms with Crippen molar-refractivity contribution in [2.24, 2.45) is 0 Å². The molecule has 0 fully saturated rings. The molecule has 0 bridgehead atoms. The van der Waals surface area contributed by atoms with Crippen LogP contribution in [0.25, 0.3) is 11.0 Å². The average molecular weight is 414 g/mol. The number of halogens is 3. The van der Waals surface area contributed by atoms with Crippen molar-refractivity contribution in [2.75, 3.05) is 5.75 Å². The lowest BCUT2D eigenvalue weighted by Gasteiger charge is -2.08. The van der Waals surface area contributed by atoms with E-state index in [1.807, 2.05) is 0 Å². The van der Waals surface area contributed by atoms with Crippen LogP contribution in [0.4, 0.5) is 13.2 Å². The molecule has 0 aliphatic heterocycles. The standard InChI is InChI=1S/C14H17F3N2O5S2/c1-3-18-10(2)19(7-4-8-25(20,21)22)13-9-11(5-6-12(13)18)26(23,24)14(15,16)17/h5-6,9H,3-4,7-8H2,1-2H3. The number of sulfone groups is 1. The van der Waals surface area contributed by atoms with Crippen LogP contribution in [0.2, 0.25) is 0 Å². The summed E-state index contributed by atoms with van der Waals surface area (Å²) in [6.45, 7) is 4.00. The van der Waals surface area contributed by atoms with E-state index >= 15 is 0 Å². The Kier molecular flexibility index (Phi) is 5.41. The highest BCUT2D eigenvalue weighted by Gasteiger charge is 2.47. The van der Waals surface area contributed by atoms with Crippen LogP contribution in [0, 0.1) is 6.92 Å². The van der Waals surface area contributed by atoms with Gasteiger partial charge in [-0.05, 0) is 25.5 Å². The van der Waals surface area contributed by atoms with Gasteiger partial charge in [-0.2, -0.15) is 13.2 Å². The van der Waals surface area contributed by atoms with Gasteiger partial charge < -0.3 is 4.55 Å². The van der Waals surface area contributed by atoms with E-state index in [-0.39, 0.29) is 18.5 Å². The molecule has 0 radical (unpaired) electrons. The third kappa shape index (κ3) is 3.86. The number of benzene rings is 1. The lowest BCUT2D eigenvalue weighted by Crippen LogP contribution is -2.35. The van der Waals surface area contributed by atoms with Gasteiger partial charge in [-0.25, -0.2) is 26.0 Å². The molecule has 0 N–H and O–H groups in total. The first-order valence-corrected chi connectivity index (χ1v) is 10.6. The van der Waals surface area contributed by atoms with Gasteiger partial charge in [0.2, 0.25) is 0 Å². The molecule has 1 aromatic heterocycles. The molecule has 0 spiro atoms. The number of hydrogen-bond donors (Lipinski definition) is 0. The summed E-state index contributed by atoms with van der Waals surface area (Å²) in [5.41, 5.74) is -4.70. The van der Waals surface area contributed by atoms with Gasteiger partial charge in [0.1, 0.15) is 0 Å². The van der Waals surface area contributed by atoms with Crippen LogP contribution in [0.3, 0.4) is 0 Å². The normalized spacial score (nSPS) is 13.5. The summed E-state index contributed by atoms with van der Waals surface area (Å²) in [6, 6.07) is 3.09. The fourth-order valence-electron chi connectivity index (χ4n) is 2.82. The predicted octanol–water partition coefficient (Wildman–Crippen LogP) is 1.49. The zero-order valence-corrected chi connectivity index (χ0v) is 15.6. The van der Waals surface area contributed by atoms with E-state index in [4.69, 9.17) is 0 Å². The molecule has 0 aliphatic carbocycles. The summed E-state index contributed by atoms with van der Waals surface area (Å²) in [5, 5.41) is 0. The van der Waals surface area contributed by atoms with E-state index in [1.54, 1.807) is 18.4 Å². The van der Waals surface area contributed by atoms with Crippen LogP contribution in [-0.2, 0) is 33.0 Å². The second-order valence-corrected chi connectivity index (χ2v) is 9.12. The number of nitrogens with zero attached hydrogens (tertiary/aromatic N) is 2. The molecule has 0 amide bonds. The maximum absolute atomic E-state index is 12.8. The second-order valence-electron chi connectivity index (χ2n) is 5.66. The molecule has 0 atom stereocenters. The highest BCUT2D eigenvalue weighted by atomic mass is 32.2. The summed E-state index contributed by atoms with van der Waals surface area (Å²) in [5.74, 6) is -0.0222. The van der Waals surface area contributed by atoms with Crippen molar-refractivity contribution < 1.29 is 39.1 Å². The van der Waals surface area contributed by atoms with E-state index < -0.39 is 36.1 Å². The van der Waals surface area contributed by atoms with Crippen LogP contribution >= 0.6 is 0 Å². The maximum Gasteiger partial charge on any atom is 0.501 e. The van der Waals surface area contributed by atoms with Gasteiger partial charge in [0, 0.05) is 18.7 Å². The zero-order valence-electron chi connectivity index (χ0n) is 13.9. The molecule has 2 rings (SSSR count). The summed E-state index contributed by atoms with van der Waals surface area (Å²) in [4.78, 5) is -0.893. The molecule has 2 aromatic rings. The van der Waals surface area contributed by atoms with Crippen molar-refractivity contribution in [2.45, 2.75) is 43.8 Å². The van der Waals surface area contributed by atoms with E-state index in [0.29, 0.717) is 17.9 Å². The van der Waals surface area contributed by atoms with E-state index in [9.17, 15) is 34.6 Å². The molecule has 0 saturated heterocycles. The average Bonchev–Trinajstić information content (AvgIpc) is 2.76. The fraction of sp³-hybridized carbons (Fsp3) is 0.500. The minimum absolute atomic E-state index is 0.0452. The van der Waals surface area contributed by atoms with Gasteiger partial charge in [0.25, 0.3) is 15.7 Å². The number of rotatable bonds is 6. The number of aromatic nitrogens is 2. The Labute approximate surface area is 148 Å². The van der Waals surface area contributed by atoms with Crippen LogP contribution in [0.1, 0.15) is 19.2 Å². The molecule has 1 heterocycles. The molecule has 7 nitrogen and oxygen atoms in total. The Morgan fingerprint density at radius 1 is 1.19 bits per heavy atom. The van der Waals surface area contributed by atoms with Gasteiger partial charge in [0.05, 0.1) is 28.1 Å². The molecule has 12 heteroatoms. The fourth-order valence-corrected chi connectivity index (χ4v) is 4.09. The summed E-state index contributed by atoms with van der Waals surface area (Å²) in [7, 11) is -9.93. The van der Waals surface area contributed by atoms with Gasteiger partial charge >= 0.3 is 5.51 Å². The van der Waals surface area contributed by atoms with E-state index in [0.717, 1.165) is 12.1 Å². The highest BCUT2D eigenvalue weighted by Crippen LogP contribution is 2.31. The number of aryl methyl sites for hydroxylation is 2. The number of alkyl halides is 3. The third-order valence-corrected chi connectivity index (χ3v) is 6.29. The topological polar surface area (TPSA) is 100 Å². The summed E-state index contributed by atoms with van der Waals surface area (Å²) >= 11 is 0. The number of hydrogen-bond acceptors (Lipinski definition) is 5. The van der Waals surface area contributed by atoms with Crippen molar-refractivity contribution in [1.82, 2.24) is 4.57 Å². The Morgan fingerprint density at radius 2 is 1.81 bits per heavy atom. The molecule has 0 unspecified atom stereocenters. The molecule has 146 valence electrons. The van der Waals surface area contributed by atoms with E-state index in [1.165, 1.54) is 10.6 Å². The second kappa shape index (κ2) is 6.82. The lowest BCUT2D eigenvalue weighted by molar-refractivity contribution is -0.675. The first-order valence-electron chi connectivity index (χ1n) is 7.57. The van der Waals surface area contributed by atoms with Crippen molar-refractivity contribution in [3.05, 3.63) is 24.0 Å². The largest absolute Gasteiger partial charge is 0.748 e.